The van der Waals surface area contributed by atoms with E-state index in [-0.39, 0.29) is 5.91 Å². The Morgan fingerprint density at radius 2 is 2.07 bits per heavy atom. The first-order valence-electron chi connectivity index (χ1n) is 5.17. The van der Waals surface area contributed by atoms with Crippen molar-refractivity contribution in [1.29, 1.82) is 0 Å². The molecule has 1 amide bonds. The number of fused-ring (bicyclic) bond motifs is 1. The molecule has 0 unspecified atom stereocenters. The molecule has 3 N–H and O–H groups in total. The highest BCUT2D eigenvalue weighted by atomic mass is 16.2. The summed E-state index contributed by atoms with van der Waals surface area (Å²) in [4.78, 5) is 11.2. The van der Waals surface area contributed by atoms with E-state index in [0.29, 0.717) is 5.69 Å². The molecule has 15 heavy (non-hydrogen) atoms. The third-order valence-corrected chi connectivity index (χ3v) is 2.68. The molecule has 1 aliphatic rings. The van der Waals surface area contributed by atoms with Gasteiger partial charge in [-0.3, -0.25) is 10.2 Å². The van der Waals surface area contributed by atoms with E-state index in [9.17, 15) is 4.79 Å². The molecule has 0 aliphatic heterocycles. The Morgan fingerprint density at radius 1 is 1.27 bits per heavy atom. The van der Waals surface area contributed by atoms with Gasteiger partial charge in [0.2, 0.25) is 0 Å². The average Bonchev–Trinajstić information content (AvgIpc) is 2.51. The minimum absolute atomic E-state index is 0.304. The smallest absolute Gasteiger partial charge is 0.285 e. The Kier molecular flexibility index (Phi) is 2.91. The number of hydrogen-bond acceptors (Lipinski definition) is 4. The van der Waals surface area contributed by atoms with E-state index in [1.165, 1.54) is 6.42 Å². The van der Waals surface area contributed by atoms with E-state index in [1.807, 2.05) is 0 Å². The number of aromatic nitrogens is 2. The van der Waals surface area contributed by atoms with Gasteiger partial charge in [0.05, 0.1) is 5.69 Å². The van der Waals surface area contributed by atoms with Gasteiger partial charge in [-0.2, -0.15) is 5.10 Å². The van der Waals surface area contributed by atoms with Crippen molar-refractivity contribution in [2.45, 2.75) is 32.1 Å². The van der Waals surface area contributed by atoms with Crippen molar-refractivity contribution >= 4 is 5.91 Å². The Morgan fingerprint density at radius 3 is 2.87 bits per heavy atom. The van der Waals surface area contributed by atoms with Crippen LogP contribution >= 0.6 is 0 Å². The number of rotatable bonds is 1. The van der Waals surface area contributed by atoms with Crippen LogP contribution in [0, 0.1) is 0 Å². The summed E-state index contributed by atoms with van der Waals surface area (Å²) in [5, 5.41) is 7.94. The van der Waals surface area contributed by atoms with E-state index in [4.69, 9.17) is 5.84 Å². The van der Waals surface area contributed by atoms with Gasteiger partial charge in [-0.05, 0) is 37.3 Å². The van der Waals surface area contributed by atoms with E-state index in [2.05, 4.69) is 15.6 Å². The summed E-state index contributed by atoms with van der Waals surface area (Å²) >= 11 is 0. The first-order valence-corrected chi connectivity index (χ1v) is 5.17. The molecular formula is C10H14N4O. The quantitative estimate of drug-likeness (QED) is 0.300. The van der Waals surface area contributed by atoms with Crippen LogP contribution in [-0.4, -0.2) is 16.1 Å². The highest BCUT2D eigenvalue weighted by molar-refractivity contribution is 5.91. The Balaban J connectivity index is 2.31. The zero-order valence-electron chi connectivity index (χ0n) is 8.49. The molecule has 5 nitrogen and oxygen atoms in total. The zero-order chi connectivity index (χ0) is 10.7. The molecule has 0 radical (unpaired) electrons. The maximum absolute atomic E-state index is 11.2. The van der Waals surface area contributed by atoms with Crippen LogP contribution in [0.15, 0.2) is 6.07 Å². The number of hydrogen-bond donors (Lipinski definition) is 2. The highest BCUT2D eigenvalue weighted by Crippen LogP contribution is 2.18. The van der Waals surface area contributed by atoms with Crippen LogP contribution in [0.3, 0.4) is 0 Å². The third kappa shape index (κ3) is 2.12. The molecule has 1 aromatic heterocycles. The Labute approximate surface area is 88.0 Å². The fraction of sp³-hybridized carbons (Fsp3) is 0.500. The van der Waals surface area contributed by atoms with Crippen LogP contribution in [-0.2, 0) is 12.8 Å². The molecule has 80 valence electrons. The highest BCUT2D eigenvalue weighted by Gasteiger charge is 2.13. The maximum Gasteiger partial charge on any atom is 0.285 e. The van der Waals surface area contributed by atoms with Crippen LogP contribution in [0.2, 0.25) is 0 Å². The number of nitrogens with zero attached hydrogens (tertiary/aromatic N) is 2. The first-order chi connectivity index (χ1) is 7.31. The predicted octanol–water partition coefficient (Wildman–Crippen LogP) is 0.349. The van der Waals surface area contributed by atoms with Gasteiger partial charge < -0.3 is 0 Å². The van der Waals surface area contributed by atoms with Gasteiger partial charge in [0, 0.05) is 0 Å². The van der Waals surface area contributed by atoms with Crippen molar-refractivity contribution in [2.24, 2.45) is 5.84 Å². The lowest BCUT2D eigenvalue weighted by Gasteiger charge is -2.05. The monoisotopic (exact) mass is 206 g/mol. The molecule has 0 bridgehead atoms. The summed E-state index contributed by atoms with van der Waals surface area (Å²) in [6, 6.07) is 1.80. The molecule has 0 fully saturated rings. The second kappa shape index (κ2) is 4.35. The van der Waals surface area contributed by atoms with Crippen LogP contribution in [0.1, 0.15) is 41.0 Å². The van der Waals surface area contributed by atoms with Crippen molar-refractivity contribution in [1.82, 2.24) is 15.6 Å². The fourth-order valence-corrected chi connectivity index (χ4v) is 1.85. The predicted molar refractivity (Wildman–Crippen MR) is 54.9 cm³/mol. The van der Waals surface area contributed by atoms with Gasteiger partial charge in [0.15, 0.2) is 5.69 Å². The minimum Gasteiger partial charge on any atom is -0.289 e. The van der Waals surface area contributed by atoms with E-state index in [0.717, 1.165) is 36.9 Å². The Hall–Kier alpha value is -1.49. The van der Waals surface area contributed by atoms with Crippen LogP contribution < -0.4 is 11.3 Å². The standard InChI is InChI=1S/C10H14N4O/c11-12-10(15)9-6-7-4-2-1-3-5-8(7)13-14-9/h6H,1-5,11H2,(H,12,15). The number of amides is 1. The first kappa shape index (κ1) is 10.0. The lowest BCUT2D eigenvalue weighted by atomic mass is 10.1. The fourth-order valence-electron chi connectivity index (χ4n) is 1.85. The van der Waals surface area contributed by atoms with Gasteiger partial charge in [0.25, 0.3) is 5.91 Å². The molecule has 0 aromatic carbocycles. The van der Waals surface area contributed by atoms with Crippen LogP contribution in [0.25, 0.3) is 0 Å². The summed E-state index contributed by atoms with van der Waals surface area (Å²) in [6.45, 7) is 0. The number of carbonyl (C=O) groups excluding carboxylic acids is 1. The van der Waals surface area contributed by atoms with Crippen molar-refractivity contribution in [3.05, 3.63) is 23.0 Å². The van der Waals surface area contributed by atoms with Gasteiger partial charge in [-0.15, -0.1) is 5.10 Å². The Bertz CT molecular complexity index is 378. The van der Waals surface area contributed by atoms with E-state index < -0.39 is 0 Å². The van der Waals surface area contributed by atoms with Crippen molar-refractivity contribution in [3.63, 3.8) is 0 Å². The molecule has 1 aliphatic carbocycles. The molecule has 0 saturated heterocycles. The molecule has 1 aromatic rings. The van der Waals surface area contributed by atoms with Gasteiger partial charge >= 0.3 is 0 Å². The molecule has 1 heterocycles. The van der Waals surface area contributed by atoms with Crippen molar-refractivity contribution < 1.29 is 4.79 Å². The van der Waals surface area contributed by atoms with Crippen molar-refractivity contribution in [2.75, 3.05) is 0 Å². The SMILES string of the molecule is NNC(=O)c1cc2c(nn1)CCCCC2. The lowest BCUT2D eigenvalue weighted by Crippen LogP contribution is -2.31. The number of hydrazine groups is 1. The second-order valence-electron chi connectivity index (χ2n) is 3.74. The summed E-state index contributed by atoms with van der Waals surface area (Å²) in [5.74, 6) is 4.66. The van der Waals surface area contributed by atoms with Crippen molar-refractivity contribution in [3.8, 4) is 0 Å². The number of carbonyl (C=O) groups is 1. The number of nitrogens with one attached hydrogen (secondary N) is 1. The molecule has 2 rings (SSSR count). The van der Waals surface area contributed by atoms with Gasteiger partial charge in [0.1, 0.15) is 0 Å². The van der Waals surface area contributed by atoms with Crippen LogP contribution in [0.5, 0.6) is 0 Å². The maximum atomic E-state index is 11.2. The second-order valence-corrected chi connectivity index (χ2v) is 3.74. The summed E-state index contributed by atoms with van der Waals surface area (Å²) in [7, 11) is 0. The molecule has 0 spiro atoms. The molecular weight excluding hydrogens is 192 g/mol. The summed E-state index contributed by atoms with van der Waals surface area (Å²) in [5.41, 5.74) is 4.53. The number of nitrogen functional groups attached to an aromatic ring is 1. The number of nitrogens with two attached hydrogens (primary N) is 1. The molecule has 0 atom stereocenters. The zero-order valence-corrected chi connectivity index (χ0v) is 8.49. The van der Waals surface area contributed by atoms with Gasteiger partial charge in [-0.1, -0.05) is 6.42 Å². The topological polar surface area (TPSA) is 80.9 Å². The molecule has 0 saturated carbocycles. The average molecular weight is 206 g/mol. The van der Waals surface area contributed by atoms with E-state index >= 15 is 0 Å². The van der Waals surface area contributed by atoms with E-state index in [1.54, 1.807) is 6.07 Å². The summed E-state index contributed by atoms with van der Waals surface area (Å²) in [6.07, 6.45) is 5.48. The minimum atomic E-state index is -0.380. The number of aryl methyl sites for hydroxylation is 2. The summed E-state index contributed by atoms with van der Waals surface area (Å²) < 4.78 is 0. The third-order valence-electron chi connectivity index (χ3n) is 2.68. The van der Waals surface area contributed by atoms with Gasteiger partial charge in [-0.25, -0.2) is 5.84 Å². The normalized spacial score (nSPS) is 15.3. The molecule has 5 heteroatoms. The largest absolute Gasteiger partial charge is 0.289 e. The lowest BCUT2D eigenvalue weighted by molar-refractivity contribution is 0.0947. The van der Waals surface area contributed by atoms with Crippen LogP contribution in [0.4, 0.5) is 0 Å².